The molecule has 0 aliphatic heterocycles. The molecule has 1 aliphatic carbocycles. The molecule has 0 saturated heterocycles. The molecule has 0 unspecified atom stereocenters. The van der Waals surface area contributed by atoms with Crippen molar-refractivity contribution in [2.24, 2.45) is 23.8 Å². The average molecular weight is 272 g/mol. The predicted molar refractivity (Wildman–Crippen MR) is 78.2 cm³/mol. The van der Waals surface area contributed by atoms with Gasteiger partial charge in [-0.1, -0.05) is 27.7 Å². The van der Waals surface area contributed by atoms with Crippen molar-refractivity contribution in [3.63, 3.8) is 0 Å². The number of carbonyl (C=O) groups excluding carboxylic acids is 1. The normalized spacial score (nSPS) is 20.1. The van der Waals surface area contributed by atoms with Crippen LogP contribution < -0.4 is 5.32 Å². The van der Waals surface area contributed by atoms with Crippen molar-refractivity contribution in [3.8, 4) is 0 Å². The van der Waals surface area contributed by atoms with Gasteiger partial charge >= 0.3 is 0 Å². The minimum Gasteiger partial charge on any atom is -0.298 e. The molecule has 1 amide bonds. The molecule has 1 fully saturated rings. The van der Waals surface area contributed by atoms with E-state index >= 15 is 0 Å². The third kappa shape index (κ3) is 1.58. The van der Waals surface area contributed by atoms with Crippen LogP contribution in [0.5, 0.6) is 0 Å². The number of nitrogens with one attached hydrogen (secondary N) is 1. The van der Waals surface area contributed by atoms with Crippen molar-refractivity contribution in [2.45, 2.75) is 27.7 Å². The van der Waals surface area contributed by atoms with E-state index in [9.17, 15) is 4.79 Å². The molecule has 1 saturated carbocycles. The van der Waals surface area contributed by atoms with Gasteiger partial charge in [-0.3, -0.25) is 14.7 Å². The summed E-state index contributed by atoms with van der Waals surface area (Å²) in [5.74, 6) is 0.614. The molecule has 3 rings (SSSR count). The summed E-state index contributed by atoms with van der Waals surface area (Å²) in [5, 5.41) is 2.95. The third-order valence-electron chi connectivity index (χ3n) is 5.15. The van der Waals surface area contributed by atoms with Crippen LogP contribution in [-0.2, 0) is 11.8 Å². The lowest BCUT2D eigenvalue weighted by Crippen LogP contribution is -2.19. The molecule has 0 spiro atoms. The lowest BCUT2D eigenvalue weighted by molar-refractivity contribution is -0.118. The van der Waals surface area contributed by atoms with Gasteiger partial charge in [0.05, 0.1) is 0 Å². The van der Waals surface area contributed by atoms with E-state index < -0.39 is 0 Å². The van der Waals surface area contributed by atoms with Crippen LogP contribution in [0.4, 0.5) is 5.95 Å². The molecule has 1 N–H and O–H groups in total. The third-order valence-corrected chi connectivity index (χ3v) is 5.15. The van der Waals surface area contributed by atoms with Crippen molar-refractivity contribution in [2.75, 3.05) is 5.32 Å². The predicted octanol–water partition coefficient (Wildman–Crippen LogP) is 2.59. The van der Waals surface area contributed by atoms with Crippen LogP contribution in [0.25, 0.3) is 11.2 Å². The van der Waals surface area contributed by atoms with Gasteiger partial charge in [-0.15, -0.1) is 0 Å². The quantitative estimate of drug-likeness (QED) is 0.914. The maximum Gasteiger partial charge on any atom is 0.230 e. The van der Waals surface area contributed by atoms with Gasteiger partial charge in [-0.2, -0.15) is 0 Å². The number of fused-ring (bicyclic) bond motifs is 1. The van der Waals surface area contributed by atoms with Crippen molar-refractivity contribution in [1.29, 1.82) is 0 Å². The Kier molecular flexibility index (Phi) is 2.49. The van der Waals surface area contributed by atoms with Gasteiger partial charge in [-0.25, -0.2) is 9.97 Å². The van der Waals surface area contributed by atoms with Gasteiger partial charge in [0.25, 0.3) is 0 Å². The summed E-state index contributed by atoms with van der Waals surface area (Å²) in [4.78, 5) is 21.2. The molecule has 0 aromatic carbocycles. The molecule has 0 bridgehead atoms. The fraction of sp³-hybridized carbons (Fsp3) is 0.533. The van der Waals surface area contributed by atoms with Gasteiger partial charge in [0.15, 0.2) is 5.65 Å². The molecule has 1 aliphatic rings. The standard InChI is InChI=1S/C15H20N4O/c1-14(2)10(15(14,3)4)12(20)18-13-17-9-7-6-8-16-11(9)19(13)5/h6-8,10H,1-5H3,(H,17,18,20). The number of rotatable bonds is 2. The SMILES string of the molecule is Cn1c(NC(=O)C2C(C)(C)C2(C)C)nc2cccnc21. The maximum atomic E-state index is 12.5. The summed E-state index contributed by atoms with van der Waals surface area (Å²) in [6.07, 6.45) is 1.72. The van der Waals surface area contributed by atoms with Crippen LogP contribution in [0.3, 0.4) is 0 Å². The van der Waals surface area contributed by atoms with E-state index in [-0.39, 0.29) is 22.7 Å². The molecule has 106 valence electrons. The smallest absolute Gasteiger partial charge is 0.230 e. The largest absolute Gasteiger partial charge is 0.298 e. The molecule has 0 atom stereocenters. The van der Waals surface area contributed by atoms with E-state index in [0.29, 0.717) is 5.95 Å². The highest BCUT2D eigenvalue weighted by molar-refractivity contribution is 5.96. The zero-order chi connectivity index (χ0) is 14.7. The number of amides is 1. The van der Waals surface area contributed by atoms with Gasteiger partial charge in [0.1, 0.15) is 5.52 Å². The summed E-state index contributed by atoms with van der Waals surface area (Å²) >= 11 is 0. The van der Waals surface area contributed by atoms with Crippen LogP contribution in [0.15, 0.2) is 18.3 Å². The van der Waals surface area contributed by atoms with E-state index in [0.717, 1.165) is 11.2 Å². The number of imidazole rings is 1. The fourth-order valence-corrected chi connectivity index (χ4v) is 3.17. The summed E-state index contributed by atoms with van der Waals surface area (Å²) < 4.78 is 1.82. The van der Waals surface area contributed by atoms with Crippen LogP contribution in [0.2, 0.25) is 0 Å². The second kappa shape index (κ2) is 3.81. The Balaban J connectivity index is 1.88. The minimum absolute atomic E-state index is 0.0165. The van der Waals surface area contributed by atoms with Crippen LogP contribution in [0.1, 0.15) is 27.7 Å². The molecular weight excluding hydrogens is 252 g/mol. The number of nitrogens with zero attached hydrogens (tertiary/aromatic N) is 3. The van der Waals surface area contributed by atoms with Crippen molar-refractivity contribution in [3.05, 3.63) is 18.3 Å². The monoisotopic (exact) mass is 272 g/mol. The Morgan fingerprint density at radius 2 is 1.95 bits per heavy atom. The van der Waals surface area contributed by atoms with E-state index in [1.165, 1.54) is 0 Å². The van der Waals surface area contributed by atoms with Crippen LogP contribution in [-0.4, -0.2) is 20.4 Å². The van der Waals surface area contributed by atoms with Gasteiger partial charge in [-0.05, 0) is 23.0 Å². The second-order valence-electron chi connectivity index (χ2n) is 6.71. The minimum atomic E-state index is 0.0165. The zero-order valence-electron chi connectivity index (χ0n) is 12.6. The number of anilines is 1. The molecule has 5 heteroatoms. The molecular formula is C15H20N4O. The van der Waals surface area contributed by atoms with Gasteiger partial charge in [0, 0.05) is 19.2 Å². The summed E-state index contributed by atoms with van der Waals surface area (Å²) in [5.41, 5.74) is 1.62. The highest BCUT2D eigenvalue weighted by Gasteiger charge is 2.68. The van der Waals surface area contributed by atoms with Gasteiger partial charge in [0.2, 0.25) is 11.9 Å². The number of hydrogen-bond acceptors (Lipinski definition) is 3. The number of aromatic nitrogens is 3. The summed E-state index contributed by atoms with van der Waals surface area (Å²) in [6.45, 7) is 8.53. The molecule has 5 nitrogen and oxygen atoms in total. The van der Waals surface area contributed by atoms with E-state index in [1.54, 1.807) is 6.20 Å². The molecule has 0 radical (unpaired) electrons. The Labute approximate surface area is 118 Å². The number of hydrogen-bond donors (Lipinski definition) is 1. The van der Waals surface area contributed by atoms with E-state index in [4.69, 9.17) is 0 Å². The lowest BCUT2D eigenvalue weighted by Gasteiger charge is -2.05. The topological polar surface area (TPSA) is 59.8 Å². The molecule has 2 aromatic rings. The molecule has 2 aromatic heterocycles. The van der Waals surface area contributed by atoms with Crippen LogP contribution in [0, 0.1) is 16.7 Å². The average Bonchev–Trinajstić information content (AvgIpc) is 2.63. The number of carbonyl (C=O) groups is 1. The van der Waals surface area contributed by atoms with Gasteiger partial charge < -0.3 is 0 Å². The number of pyridine rings is 1. The highest BCUT2D eigenvalue weighted by Crippen LogP contribution is 2.68. The van der Waals surface area contributed by atoms with Crippen molar-refractivity contribution < 1.29 is 4.79 Å². The number of aryl methyl sites for hydroxylation is 1. The van der Waals surface area contributed by atoms with E-state index in [2.05, 4.69) is 43.0 Å². The fourth-order valence-electron chi connectivity index (χ4n) is 3.17. The first kappa shape index (κ1) is 13.1. The summed E-state index contributed by atoms with van der Waals surface area (Å²) in [7, 11) is 1.86. The molecule has 2 heterocycles. The lowest BCUT2D eigenvalue weighted by atomic mass is 10.0. The van der Waals surface area contributed by atoms with E-state index in [1.807, 2.05) is 23.7 Å². The Hall–Kier alpha value is -1.91. The summed E-state index contributed by atoms with van der Waals surface area (Å²) in [6, 6.07) is 3.73. The van der Waals surface area contributed by atoms with Crippen LogP contribution >= 0.6 is 0 Å². The second-order valence-corrected chi connectivity index (χ2v) is 6.71. The first-order chi connectivity index (χ1) is 9.26. The first-order valence-corrected chi connectivity index (χ1v) is 6.85. The first-order valence-electron chi connectivity index (χ1n) is 6.85. The Bertz CT molecular complexity index is 685. The molecule has 20 heavy (non-hydrogen) atoms. The Morgan fingerprint density at radius 1 is 1.30 bits per heavy atom. The highest BCUT2D eigenvalue weighted by atomic mass is 16.2. The Morgan fingerprint density at radius 3 is 2.50 bits per heavy atom. The maximum absolute atomic E-state index is 12.5. The van der Waals surface area contributed by atoms with Crippen molar-refractivity contribution >= 4 is 23.0 Å². The van der Waals surface area contributed by atoms with Crippen molar-refractivity contribution in [1.82, 2.24) is 14.5 Å². The zero-order valence-corrected chi connectivity index (χ0v) is 12.6.